The van der Waals surface area contributed by atoms with Gasteiger partial charge in [0, 0.05) is 25.9 Å². The maximum atomic E-state index is 12.8. The van der Waals surface area contributed by atoms with E-state index in [1.54, 1.807) is 18.3 Å². The third kappa shape index (κ3) is 4.89. The van der Waals surface area contributed by atoms with Gasteiger partial charge in [0.1, 0.15) is 12.1 Å². The van der Waals surface area contributed by atoms with Crippen LogP contribution in [0.2, 0.25) is 0 Å². The van der Waals surface area contributed by atoms with Crippen LogP contribution >= 0.6 is 0 Å². The fourth-order valence-corrected chi connectivity index (χ4v) is 2.39. The first-order chi connectivity index (χ1) is 12.4. The van der Waals surface area contributed by atoms with E-state index in [1.807, 2.05) is 30.3 Å². The number of likely N-dealkylation sites (N-methyl/N-ethyl adjacent to an activating group) is 1. The van der Waals surface area contributed by atoms with Crippen molar-refractivity contribution in [2.75, 3.05) is 7.05 Å². The smallest absolute Gasteiger partial charge is 0.326 e. The van der Waals surface area contributed by atoms with Crippen LogP contribution in [-0.4, -0.2) is 51.9 Å². The maximum Gasteiger partial charge on any atom is 0.326 e. The van der Waals surface area contributed by atoms with E-state index in [-0.39, 0.29) is 6.42 Å². The summed E-state index contributed by atoms with van der Waals surface area (Å²) in [5, 5.41) is 11.8. The fourth-order valence-electron chi connectivity index (χ4n) is 2.39. The third-order valence-electron chi connectivity index (χ3n) is 4.10. The van der Waals surface area contributed by atoms with E-state index in [0.29, 0.717) is 5.56 Å². The SMILES string of the molecule is CC(C(=O)O)N(C)C(=O)C(Cc1ccccc1)NC(=O)c1cccnc1. The Hall–Kier alpha value is -3.22. The van der Waals surface area contributed by atoms with Crippen LogP contribution in [0.1, 0.15) is 22.8 Å². The van der Waals surface area contributed by atoms with Gasteiger partial charge >= 0.3 is 5.97 Å². The van der Waals surface area contributed by atoms with Gasteiger partial charge in [-0.2, -0.15) is 0 Å². The number of nitrogens with one attached hydrogen (secondary N) is 1. The minimum atomic E-state index is -1.11. The van der Waals surface area contributed by atoms with Gasteiger partial charge in [-0.25, -0.2) is 4.79 Å². The largest absolute Gasteiger partial charge is 0.480 e. The Balaban J connectivity index is 2.22. The summed E-state index contributed by atoms with van der Waals surface area (Å²) in [5.74, 6) is -2.03. The van der Waals surface area contributed by atoms with Crippen molar-refractivity contribution < 1.29 is 19.5 Å². The van der Waals surface area contributed by atoms with Crippen molar-refractivity contribution in [1.29, 1.82) is 0 Å². The number of carboxylic acid groups (broad SMARTS) is 1. The molecular weight excluding hydrogens is 334 g/mol. The zero-order chi connectivity index (χ0) is 19.1. The number of nitrogens with zero attached hydrogens (tertiary/aromatic N) is 2. The highest BCUT2D eigenvalue weighted by molar-refractivity contribution is 5.97. The van der Waals surface area contributed by atoms with Crippen molar-refractivity contribution in [2.24, 2.45) is 0 Å². The normalized spacial score (nSPS) is 12.7. The Kier molecular flexibility index (Phi) is 6.43. The molecule has 0 aliphatic heterocycles. The van der Waals surface area contributed by atoms with Gasteiger partial charge in [-0.05, 0) is 24.6 Å². The Morgan fingerprint density at radius 1 is 1.15 bits per heavy atom. The number of aromatic nitrogens is 1. The molecule has 26 heavy (non-hydrogen) atoms. The first-order valence-electron chi connectivity index (χ1n) is 8.14. The van der Waals surface area contributed by atoms with Crippen LogP contribution in [0.4, 0.5) is 0 Å². The predicted octanol–water partition coefficient (Wildman–Crippen LogP) is 1.35. The van der Waals surface area contributed by atoms with Gasteiger partial charge in [-0.15, -0.1) is 0 Å². The van der Waals surface area contributed by atoms with Crippen molar-refractivity contribution in [3.63, 3.8) is 0 Å². The van der Waals surface area contributed by atoms with Gasteiger partial charge in [0.2, 0.25) is 5.91 Å². The quantitative estimate of drug-likeness (QED) is 0.781. The zero-order valence-electron chi connectivity index (χ0n) is 14.6. The molecule has 136 valence electrons. The van der Waals surface area contributed by atoms with E-state index < -0.39 is 29.9 Å². The number of rotatable bonds is 7. The molecule has 2 amide bonds. The Morgan fingerprint density at radius 2 is 1.85 bits per heavy atom. The van der Waals surface area contributed by atoms with E-state index in [0.717, 1.165) is 10.5 Å². The van der Waals surface area contributed by atoms with Crippen LogP contribution in [0, 0.1) is 0 Å². The second-order valence-electron chi connectivity index (χ2n) is 5.92. The van der Waals surface area contributed by atoms with E-state index in [4.69, 9.17) is 5.11 Å². The van der Waals surface area contributed by atoms with Gasteiger partial charge in [0.05, 0.1) is 5.56 Å². The first-order valence-corrected chi connectivity index (χ1v) is 8.14. The molecule has 1 aromatic carbocycles. The molecule has 2 aromatic rings. The number of benzene rings is 1. The number of carboxylic acids is 1. The lowest BCUT2D eigenvalue weighted by Crippen LogP contribution is -2.52. The summed E-state index contributed by atoms with van der Waals surface area (Å²) in [5.41, 5.74) is 1.18. The molecular formula is C19H21N3O4. The summed E-state index contributed by atoms with van der Waals surface area (Å²) in [7, 11) is 1.41. The molecule has 7 heteroatoms. The van der Waals surface area contributed by atoms with Crippen LogP contribution in [-0.2, 0) is 16.0 Å². The second kappa shape index (κ2) is 8.75. The first kappa shape index (κ1) is 19.1. The summed E-state index contributed by atoms with van der Waals surface area (Å²) < 4.78 is 0. The van der Waals surface area contributed by atoms with Gasteiger partial charge in [-0.3, -0.25) is 14.6 Å². The van der Waals surface area contributed by atoms with Crippen LogP contribution in [0.3, 0.4) is 0 Å². The lowest BCUT2D eigenvalue weighted by molar-refractivity contribution is -0.148. The molecule has 1 heterocycles. The van der Waals surface area contributed by atoms with Crippen LogP contribution in [0.25, 0.3) is 0 Å². The monoisotopic (exact) mass is 355 g/mol. The van der Waals surface area contributed by atoms with Crippen LogP contribution in [0.15, 0.2) is 54.9 Å². The highest BCUT2D eigenvalue weighted by Crippen LogP contribution is 2.09. The molecule has 1 aromatic heterocycles. The number of hydrogen-bond acceptors (Lipinski definition) is 4. The van der Waals surface area contributed by atoms with E-state index >= 15 is 0 Å². The van der Waals surface area contributed by atoms with E-state index in [1.165, 1.54) is 20.2 Å². The van der Waals surface area contributed by atoms with Crippen molar-refractivity contribution in [2.45, 2.75) is 25.4 Å². The second-order valence-corrected chi connectivity index (χ2v) is 5.92. The topological polar surface area (TPSA) is 99.6 Å². The molecule has 2 atom stereocenters. The van der Waals surface area contributed by atoms with E-state index in [9.17, 15) is 14.4 Å². The van der Waals surface area contributed by atoms with Crippen molar-refractivity contribution in [3.8, 4) is 0 Å². The maximum absolute atomic E-state index is 12.8. The number of pyridine rings is 1. The Labute approximate surface area is 151 Å². The number of aliphatic carboxylic acids is 1. The van der Waals surface area contributed by atoms with Crippen LogP contribution in [0.5, 0.6) is 0 Å². The molecule has 0 saturated carbocycles. The molecule has 2 unspecified atom stereocenters. The highest BCUT2D eigenvalue weighted by atomic mass is 16.4. The molecule has 0 saturated heterocycles. The van der Waals surface area contributed by atoms with Gasteiger partial charge in [-0.1, -0.05) is 30.3 Å². The summed E-state index contributed by atoms with van der Waals surface area (Å²) >= 11 is 0. The Morgan fingerprint density at radius 3 is 2.42 bits per heavy atom. The molecule has 0 bridgehead atoms. The molecule has 0 radical (unpaired) electrons. The number of amides is 2. The molecule has 2 rings (SSSR count). The van der Waals surface area contributed by atoms with Crippen molar-refractivity contribution >= 4 is 17.8 Å². The average molecular weight is 355 g/mol. The molecule has 2 N–H and O–H groups in total. The van der Waals surface area contributed by atoms with Crippen LogP contribution < -0.4 is 5.32 Å². The van der Waals surface area contributed by atoms with Crippen molar-refractivity contribution in [3.05, 3.63) is 66.0 Å². The molecule has 7 nitrogen and oxygen atoms in total. The van der Waals surface area contributed by atoms with Gasteiger partial charge in [0.15, 0.2) is 0 Å². The molecule has 0 spiro atoms. The molecule has 0 aliphatic rings. The fraction of sp³-hybridized carbons (Fsp3) is 0.263. The summed E-state index contributed by atoms with van der Waals surface area (Å²) in [6.07, 6.45) is 3.21. The Bertz CT molecular complexity index is 765. The van der Waals surface area contributed by atoms with Crippen molar-refractivity contribution in [1.82, 2.24) is 15.2 Å². The standard InChI is InChI=1S/C19H21N3O4/c1-13(19(25)26)22(2)18(24)16(11-14-7-4-3-5-8-14)21-17(23)15-9-6-10-20-12-15/h3-10,12-13,16H,11H2,1-2H3,(H,21,23)(H,25,26). The van der Waals surface area contributed by atoms with Gasteiger partial charge in [0.25, 0.3) is 5.91 Å². The summed E-state index contributed by atoms with van der Waals surface area (Å²) in [6, 6.07) is 10.5. The zero-order valence-corrected chi connectivity index (χ0v) is 14.6. The van der Waals surface area contributed by atoms with E-state index in [2.05, 4.69) is 10.3 Å². The minimum Gasteiger partial charge on any atom is -0.480 e. The molecule has 0 fully saturated rings. The highest BCUT2D eigenvalue weighted by Gasteiger charge is 2.29. The lowest BCUT2D eigenvalue weighted by atomic mass is 10.0. The third-order valence-corrected chi connectivity index (χ3v) is 4.10. The predicted molar refractivity (Wildman–Crippen MR) is 95.5 cm³/mol. The lowest BCUT2D eigenvalue weighted by Gasteiger charge is -2.27. The number of carbonyl (C=O) groups excluding carboxylic acids is 2. The number of hydrogen-bond donors (Lipinski definition) is 2. The van der Waals surface area contributed by atoms with Gasteiger partial charge < -0.3 is 15.3 Å². The minimum absolute atomic E-state index is 0.252. The molecule has 0 aliphatic carbocycles. The summed E-state index contributed by atoms with van der Waals surface area (Å²) in [6.45, 7) is 1.42. The summed E-state index contributed by atoms with van der Waals surface area (Å²) in [4.78, 5) is 41.4. The number of carbonyl (C=O) groups is 3. The average Bonchev–Trinajstić information content (AvgIpc) is 2.67.